The van der Waals surface area contributed by atoms with Gasteiger partial charge in [0.05, 0.1) is 24.0 Å². The molecule has 7 heteroatoms. The number of hydrogen-bond donors (Lipinski definition) is 1. The monoisotopic (exact) mass is 467 g/mol. The third-order valence-corrected chi connectivity index (χ3v) is 5.49. The number of nitriles is 1. The van der Waals surface area contributed by atoms with Gasteiger partial charge in [0.25, 0.3) is 0 Å². The van der Waals surface area contributed by atoms with E-state index in [-0.39, 0.29) is 18.5 Å². The molecule has 168 valence electrons. The van der Waals surface area contributed by atoms with Crippen LogP contribution in [0.25, 0.3) is 17.3 Å². The van der Waals surface area contributed by atoms with E-state index >= 15 is 0 Å². The van der Waals surface area contributed by atoms with Crippen molar-refractivity contribution in [3.8, 4) is 17.3 Å². The van der Waals surface area contributed by atoms with Crippen LogP contribution in [-0.4, -0.2) is 20.7 Å². The molecule has 34 heavy (non-hydrogen) atoms. The van der Waals surface area contributed by atoms with Crippen molar-refractivity contribution in [3.05, 3.63) is 113 Å². The normalized spacial score (nSPS) is 11.8. The summed E-state index contributed by atoms with van der Waals surface area (Å²) in [6.45, 7) is 0.116. The van der Waals surface area contributed by atoms with Crippen molar-refractivity contribution >= 4 is 23.6 Å². The number of nitrogens with zero attached hydrogens (tertiary/aromatic N) is 4. The Morgan fingerprint density at radius 3 is 2.68 bits per heavy atom. The zero-order chi connectivity index (χ0) is 23.8. The summed E-state index contributed by atoms with van der Waals surface area (Å²) in [5, 5.41) is 17.2. The van der Waals surface area contributed by atoms with Crippen molar-refractivity contribution in [2.75, 3.05) is 0 Å². The number of pyridine rings is 1. The van der Waals surface area contributed by atoms with Crippen LogP contribution in [0.2, 0.25) is 5.02 Å². The molecule has 0 saturated carbocycles. The summed E-state index contributed by atoms with van der Waals surface area (Å²) >= 11 is 6.20. The lowest BCUT2D eigenvalue weighted by Gasteiger charge is -2.18. The van der Waals surface area contributed by atoms with Crippen LogP contribution < -0.4 is 5.32 Å². The van der Waals surface area contributed by atoms with Crippen molar-refractivity contribution in [1.82, 2.24) is 20.1 Å². The third kappa shape index (κ3) is 5.77. The van der Waals surface area contributed by atoms with Crippen molar-refractivity contribution in [3.63, 3.8) is 0 Å². The van der Waals surface area contributed by atoms with Gasteiger partial charge in [-0.15, -0.1) is 0 Å². The fraction of sp³-hybridized carbons (Fsp3) is 0.111. The number of carbonyl (C=O) groups is 1. The molecule has 1 unspecified atom stereocenters. The Morgan fingerprint density at radius 1 is 1.12 bits per heavy atom. The van der Waals surface area contributed by atoms with E-state index in [2.05, 4.69) is 21.5 Å². The number of carbonyl (C=O) groups excluding carboxylic acids is 1. The minimum atomic E-state index is -0.305. The van der Waals surface area contributed by atoms with Gasteiger partial charge >= 0.3 is 0 Å². The van der Waals surface area contributed by atoms with Crippen molar-refractivity contribution < 1.29 is 4.79 Å². The maximum atomic E-state index is 12.9. The highest BCUT2D eigenvalue weighted by Crippen LogP contribution is 2.25. The minimum absolute atomic E-state index is 0.116. The molecule has 1 N–H and O–H groups in total. The first-order valence-corrected chi connectivity index (χ1v) is 11.1. The summed E-state index contributed by atoms with van der Waals surface area (Å²) in [5.74, 6) is -0.257. The summed E-state index contributed by atoms with van der Waals surface area (Å²) in [5.41, 5.74) is 4.21. The fourth-order valence-corrected chi connectivity index (χ4v) is 3.91. The molecule has 0 bridgehead atoms. The number of nitrogens with one attached hydrogen (secondary N) is 1. The summed E-state index contributed by atoms with van der Waals surface area (Å²) < 4.78 is 1.63. The summed E-state index contributed by atoms with van der Waals surface area (Å²) in [6, 6.07) is 24.6. The van der Waals surface area contributed by atoms with Gasteiger partial charge in [-0.05, 0) is 35.9 Å². The van der Waals surface area contributed by atoms with Gasteiger partial charge in [0.15, 0.2) is 0 Å². The van der Waals surface area contributed by atoms with Gasteiger partial charge < -0.3 is 5.32 Å². The maximum Gasteiger partial charge on any atom is 0.244 e. The molecule has 0 aliphatic heterocycles. The molecule has 1 atom stereocenters. The Bertz CT molecular complexity index is 1330. The van der Waals surface area contributed by atoms with Crippen LogP contribution >= 0.6 is 11.6 Å². The Labute approximate surface area is 203 Å². The van der Waals surface area contributed by atoms with Gasteiger partial charge in [0.2, 0.25) is 5.91 Å². The van der Waals surface area contributed by atoms with Crippen molar-refractivity contribution in [2.24, 2.45) is 0 Å². The van der Waals surface area contributed by atoms with Crippen LogP contribution in [0.5, 0.6) is 0 Å². The highest BCUT2D eigenvalue weighted by molar-refractivity contribution is 6.30. The van der Waals surface area contributed by atoms with E-state index in [4.69, 9.17) is 16.9 Å². The average molecular weight is 468 g/mol. The first kappa shape index (κ1) is 23.0. The number of benzene rings is 2. The topological polar surface area (TPSA) is 83.6 Å². The first-order valence-electron chi connectivity index (χ1n) is 10.8. The molecule has 2 aromatic heterocycles. The highest BCUT2D eigenvalue weighted by atomic mass is 35.5. The van der Waals surface area contributed by atoms with Crippen LogP contribution in [0.15, 0.2) is 91.3 Å². The van der Waals surface area contributed by atoms with Gasteiger partial charge in [0, 0.05) is 40.5 Å². The van der Waals surface area contributed by atoms with Gasteiger partial charge in [-0.25, -0.2) is 0 Å². The number of amides is 1. The Morgan fingerprint density at radius 2 is 1.94 bits per heavy atom. The van der Waals surface area contributed by atoms with Crippen LogP contribution in [-0.2, 0) is 17.8 Å². The molecule has 2 heterocycles. The number of aromatic nitrogens is 3. The van der Waals surface area contributed by atoms with Crippen LogP contribution in [0.3, 0.4) is 0 Å². The third-order valence-electron chi connectivity index (χ3n) is 5.26. The smallest absolute Gasteiger partial charge is 0.244 e. The molecule has 0 saturated heterocycles. The van der Waals surface area contributed by atoms with E-state index in [9.17, 15) is 4.79 Å². The largest absolute Gasteiger partial charge is 0.345 e. The quantitative estimate of drug-likeness (QED) is 0.359. The molecular weight excluding hydrogens is 446 g/mol. The first-order chi connectivity index (χ1) is 16.6. The molecule has 0 fully saturated rings. The second kappa shape index (κ2) is 11.1. The average Bonchev–Trinajstić information content (AvgIpc) is 3.26. The van der Waals surface area contributed by atoms with E-state index < -0.39 is 0 Å². The summed E-state index contributed by atoms with van der Waals surface area (Å²) in [7, 11) is 0. The molecule has 4 rings (SSSR count). The molecule has 1 amide bonds. The van der Waals surface area contributed by atoms with Crippen molar-refractivity contribution in [1.29, 1.82) is 5.26 Å². The molecule has 6 nitrogen and oxygen atoms in total. The number of rotatable bonds is 8. The second-order valence-electron chi connectivity index (χ2n) is 7.61. The Kier molecular flexibility index (Phi) is 7.49. The number of halogens is 1. The van der Waals surface area contributed by atoms with Crippen LogP contribution in [0, 0.1) is 11.3 Å². The van der Waals surface area contributed by atoms with Crippen LogP contribution in [0.1, 0.15) is 22.9 Å². The lowest BCUT2D eigenvalue weighted by molar-refractivity contribution is -0.117. The molecule has 0 spiro atoms. The fourth-order valence-electron chi connectivity index (χ4n) is 3.71. The van der Waals surface area contributed by atoms with E-state index in [1.807, 2.05) is 66.7 Å². The zero-order valence-corrected chi connectivity index (χ0v) is 19.1. The standard InChI is InChI=1S/C27H22ClN5O/c28-23-10-6-9-21(17-23)25(18-24-11-4-5-15-30-24)32-26(34)13-12-22-19-31-33(16-14-29)27(22)20-7-2-1-3-8-20/h1-13,15,17,19,25H,16,18H2,(H,32,34). The summed E-state index contributed by atoms with van der Waals surface area (Å²) in [6.07, 6.45) is 7.11. The second-order valence-corrected chi connectivity index (χ2v) is 8.04. The Balaban J connectivity index is 1.57. The lowest BCUT2D eigenvalue weighted by atomic mass is 10.0. The van der Waals surface area contributed by atoms with E-state index in [1.54, 1.807) is 29.2 Å². The highest BCUT2D eigenvalue weighted by Gasteiger charge is 2.16. The molecule has 0 radical (unpaired) electrons. The number of hydrogen-bond acceptors (Lipinski definition) is 4. The SMILES string of the molecule is N#CCn1ncc(C=CC(=O)NC(Cc2ccccn2)c2cccc(Cl)c2)c1-c1ccccc1. The zero-order valence-electron chi connectivity index (χ0n) is 18.3. The van der Waals surface area contributed by atoms with Crippen molar-refractivity contribution in [2.45, 2.75) is 19.0 Å². The molecular formula is C27H22ClN5O. The predicted molar refractivity (Wildman–Crippen MR) is 133 cm³/mol. The molecule has 2 aromatic carbocycles. The van der Waals surface area contributed by atoms with Crippen LogP contribution in [0.4, 0.5) is 0 Å². The molecule has 4 aromatic rings. The Hall–Kier alpha value is -4.21. The predicted octanol–water partition coefficient (Wildman–Crippen LogP) is 5.24. The van der Waals surface area contributed by atoms with Gasteiger partial charge in [-0.2, -0.15) is 10.4 Å². The van der Waals surface area contributed by atoms with Gasteiger partial charge in [-0.3, -0.25) is 14.5 Å². The van der Waals surface area contributed by atoms with Gasteiger partial charge in [-0.1, -0.05) is 60.1 Å². The maximum absolute atomic E-state index is 12.9. The van der Waals surface area contributed by atoms with E-state index in [1.165, 1.54) is 6.08 Å². The molecule has 0 aliphatic rings. The van der Waals surface area contributed by atoms with Gasteiger partial charge in [0.1, 0.15) is 6.54 Å². The molecule has 0 aliphatic carbocycles. The minimum Gasteiger partial charge on any atom is -0.345 e. The van der Waals surface area contributed by atoms with E-state index in [0.29, 0.717) is 11.4 Å². The lowest BCUT2D eigenvalue weighted by Crippen LogP contribution is -2.28. The summed E-state index contributed by atoms with van der Waals surface area (Å²) in [4.78, 5) is 17.3. The van der Waals surface area contributed by atoms with E-state index in [0.717, 1.165) is 28.1 Å².